The molecule has 2 rings (SSSR count). The van der Waals surface area contributed by atoms with Gasteiger partial charge in [0.1, 0.15) is 11.7 Å². The summed E-state index contributed by atoms with van der Waals surface area (Å²) in [5.41, 5.74) is -0.541. The fourth-order valence-corrected chi connectivity index (χ4v) is 2.62. The highest BCUT2D eigenvalue weighted by Gasteiger charge is 2.40. The maximum Gasteiger partial charge on any atom is 0.216 e. The maximum absolute atomic E-state index is 11.1. The van der Waals surface area contributed by atoms with E-state index in [1.165, 1.54) is 6.92 Å². The first kappa shape index (κ1) is 16.5. The third-order valence-electron chi connectivity index (χ3n) is 3.37. The van der Waals surface area contributed by atoms with Gasteiger partial charge >= 0.3 is 0 Å². The Balaban J connectivity index is 2.29. The SMILES string of the molecule is CC(=O)NC[C@@]1(O)CNCCOC1c1ccc(Cl)c(Cl)c1. The molecule has 1 fully saturated rings. The van der Waals surface area contributed by atoms with Gasteiger partial charge in [-0.3, -0.25) is 4.79 Å². The highest BCUT2D eigenvalue weighted by atomic mass is 35.5. The zero-order valence-corrected chi connectivity index (χ0v) is 13.2. The average molecular weight is 333 g/mol. The molecular weight excluding hydrogens is 315 g/mol. The molecule has 1 aromatic carbocycles. The normalized spacial score (nSPS) is 26.2. The molecule has 1 aliphatic heterocycles. The molecule has 7 heteroatoms. The number of hydrogen-bond acceptors (Lipinski definition) is 4. The summed E-state index contributed by atoms with van der Waals surface area (Å²) in [5.74, 6) is -0.208. The molecule has 3 N–H and O–H groups in total. The Bertz CT molecular complexity index is 527. The first-order valence-corrected chi connectivity index (χ1v) is 7.42. The van der Waals surface area contributed by atoms with Crippen LogP contribution in [-0.4, -0.2) is 42.9 Å². The van der Waals surface area contributed by atoms with Crippen molar-refractivity contribution in [2.45, 2.75) is 18.6 Å². The van der Waals surface area contributed by atoms with E-state index >= 15 is 0 Å². The lowest BCUT2D eigenvalue weighted by Gasteiger charge is -2.34. The van der Waals surface area contributed by atoms with Crippen molar-refractivity contribution in [2.75, 3.05) is 26.2 Å². The van der Waals surface area contributed by atoms with Crippen molar-refractivity contribution in [2.24, 2.45) is 0 Å². The lowest BCUT2D eigenvalue weighted by molar-refractivity contribution is -0.124. The molecule has 0 saturated carbocycles. The van der Waals surface area contributed by atoms with Gasteiger partial charge in [0.2, 0.25) is 5.91 Å². The average Bonchev–Trinajstić information content (AvgIpc) is 2.62. The minimum Gasteiger partial charge on any atom is -0.384 e. The van der Waals surface area contributed by atoms with Crippen molar-refractivity contribution in [3.63, 3.8) is 0 Å². The van der Waals surface area contributed by atoms with E-state index in [1.54, 1.807) is 18.2 Å². The Hall–Kier alpha value is -0.850. The number of benzene rings is 1. The van der Waals surface area contributed by atoms with E-state index in [0.29, 0.717) is 29.7 Å². The molecule has 0 bridgehead atoms. The smallest absolute Gasteiger partial charge is 0.216 e. The van der Waals surface area contributed by atoms with Crippen LogP contribution in [0.4, 0.5) is 0 Å². The van der Waals surface area contributed by atoms with Crippen molar-refractivity contribution >= 4 is 29.1 Å². The Morgan fingerprint density at radius 1 is 1.52 bits per heavy atom. The number of rotatable bonds is 3. The maximum atomic E-state index is 11.1. The third kappa shape index (κ3) is 4.08. The van der Waals surface area contributed by atoms with Gasteiger partial charge in [0.25, 0.3) is 0 Å². The van der Waals surface area contributed by atoms with E-state index in [1.807, 2.05) is 0 Å². The molecule has 0 spiro atoms. The van der Waals surface area contributed by atoms with Gasteiger partial charge in [0.05, 0.1) is 23.2 Å². The van der Waals surface area contributed by atoms with E-state index in [2.05, 4.69) is 10.6 Å². The van der Waals surface area contributed by atoms with Crippen molar-refractivity contribution in [3.05, 3.63) is 33.8 Å². The van der Waals surface area contributed by atoms with E-state index < -0.39 is 11.7 Å². The van der Waals surface area contributed by atoms with Crippen LogP contribution in [0.5, 0.6) is 0 Å². The summed E-state index contributed by atoms with van der Waals surface area (Å²) in [6.07, 6.45) is -0.603. The summed E-state index contributed by atoms with van der Waals surface area (Å²) in [5, 5.41) is 17.5. The van der Waals surface area contributed by atoms with Gasteiger partial charge in [0, 0.05) is 20.0 Å². The Morgan fingerprint density at radius 2 is 2.29 bits per heavy atom. The number of β-amino-alcohol motifs (C(OH)–C–C–N with tert-alkyl or cyclic N) is 1. The van der Waals surface area contributed by atoms with Gasteiger partial charge in [-0.1, -0.05) is 29.3 Å². The molecule has 1 aliphatic rings. The zero-order chi connectivity index (χ0) is 15.5. The summed E-state index contributed by atoms with van der Waals surface area (Å²) < 4.78 is 5.77. The zero-order valence-electron chi connectivity index (χ0n) is 11.7. The molecule has 1 saturated heterocycles. The van der Waals surface area contributed by atoms with Crippen LogP contribution >= 0.6 is 23.2 Å². The quantitative estimate of drug-likeness (QED) is 0.784. The van der Waals surface area contributed by atoms with Crippen molar-refractivity contribution < 1.29 is 14.6 Å². The van der Waals surface area contributed by atoms with Gasteiger partial charge in [0.15, 0.2) is 0 Å². The Labute approximate surface area is 133 Å². The predicted octanol–water partition coefficient (Wildman–Crippen LogP) is 1.52. The van der Waals surface area contributed by atoms with Crippen LogP contribution in [0.3, 0.4) is 0 Å². The molecule has 116 valence electrons. The molecule has 0 aromatic heterocycles. The second-order valence-electron chi connectivity index (χ2n) is 5.11. The summed E-state index contributed by atoms with van der Waals surface area (Å²) in [7, 11) is 0. The lowest BCUT2D eigenvalue weighted by Crippen LogP contribution is -2.52. The highest BCUT2D eigenvalue weighted by molar-refractivity contribution is 6.42. The second-order valence-corrected chi connectivity index (χ2v) is 5.93. The number of nitrogens with one attached hydrogen (secondary N) is 2. The van der Waals surface area contributed by atoms with Crippen LogP contribution in [0.1, 0.15) is 18.6 Å². The summed E-state index contributed by atoms with van der Waals surface area (Å²) in [6.45, 7) is 2.87. The second kappa shape index (κ2) is 6.94. The number of ether oxygens (including phenoxy) is 1. The minimum absolute atomic E-state index is 0.0836. The highest BCUT2D eigenvalue weighted by Crippen LogP contribution is 2.34. The molecule has 0 radical (unpaired) electrons. The van der Waals surface area contributed by atoms with Crippen molar-refractivity contribution in [1.82, 2.24) is 10.6 Å². The van der Waals surface area contributed by atoms with Gasteiger partial charge < -0.3 is 20.5 Å². The van der Waals surface area contributed by atoms with Crippen LogP contribution in [0, 0.1) is 0 Å². The van der Waals surface area contributed by atoms with Gasteiger partial charge in [-0.05, 0) is 17.7 Å². The number of carbonyl (C=O) groups excluding carboxylic acids is 1. The standard InChI is InChI=1S/C14H18Cl2N2O3/c1-9(19)18-8-14(20)7-17-4-5-21-13(14)10-2-3-11(15)12(16)6-10/h2-3,6,13,17,20H,4-5,7-8H2,1H3,(H,18,19)/t13?,14-/m0/s1. The summed E-state index contributed by atoms with van der Waals surface area (Å²) in [6, 6.07) is 5.11. The van der Waals surface area contributed by atoms with E-state index in [-0.39, 0.29) is 12.5 Å². The molecule has 1 amide bonds. The van der Waals surface area contributed by atoms with E-state index in [9.17, 15) is 9.90 Å². The fourth-order valence-electron chi connectivity index (χ4n) is 2.32. The monoisotopic (exact) mass is 332 g/mol. The summed E-state index contributed by atoms with van der Waals surface area (Å²) in [4.78, 5) is 11.1. The fraction of sp³-hybridized carbons (Fsp3) is 0.500. The molecular formula is C14H18Cl2N2O3. The molecule has 1 aromatic rings. The Kier molecular flexibility index (Phi) is 5.46. The number of hydrogen-bond donors (Lipinski definition) is 3. The number of aliphatic hydroxyl groups is 1. The molecule has 2 atom stereocenters. The van der Waals surface area contributed by atoms with Crippen LogP contribution in [0.15, 0.2) is 18.2 Å². The van der Waals surface area contributed by atoms with Crippen LogP contribution < -0.4 is 10.6 Å². The topological polar surface area (TPSA) is 70.6 Å². The molecule has 0 aliphatic carbocycles. The van der Waals surface area contributed by atoms with Gasteiger partial charge in [-0.2, -0.15) is 0 Å². The minimum atomic E-state index is -1.26. The largest absolute Gasteiger partial charge is 0.384 e. The Morgan fingerprint density at radius 3 is 2.95 bits per heavy atom. The molecule has 21 heavy (non-hydrogen) atoms. The molecule has 1 heterocycles. The molecule has 1 unspecified atom stereocenters. The van der Waals surface area contributed by atoms with E-state index in [0.717, 1.165) is 5.56 Å². The van der Waals surface area contributed by atoms with Crippen LogP contribution in [0.2, 0.25) is 10.0 Å². The third-order valence-corrected chi connectivity index (χ3v) is 4.11. The van der Waals surface area contributed by atoms with Crippen LogP contribution in [-0.2, 0) is 9.53 Å². The van der Waals surface area contributed by atoms with E-state index in [4.69, 9.17) is 27.9 Å². The van der Waals surface area contributed by atoms with Gasteiger partial charge in [-0.15, -0.1) is 0 Å². The first-order valence-electron chi connectivity index (χ1n) is 6.66. The predicted molar refractivity (Wildman–Crippen MR) is 81.7 cm³/mol. The number of halogens is 2. The number of carbonyl (C=O) groups is 1. The summed E-state index contributed by atoms with van der Waals surface area (Å²) >= 11 is 12.0. The first-order chi connectivity index (χ1) is 9.92. The van der Waals surface area contributed by atoms with Crippen molar-refractivity contribution in [1.29, 1.82) is 0 Å². The molecule has 5 nitrogen and oxygen atoms in total. The van der Waals surface area contributed by atoms with Crippen molar-refractivity contribution in [3.8, 4) is 0 Å². The van der Waals surface area contributed by atoms with Crippen LogP contribution in [0.25, 0.3) is 0 Å². The lowest BCUT2D eigenvalue weighted by atomic mass is 9.90. The number of amides is 1. The van der Waals surface area contributed by atoms with Gasteiger partial charge in [-0.25, -0.2) is 0 Å².